The molecule has 2 aromatic rings. The fourth-order valence-electron chi connectivity index (χ4n) is 5.92. The van der Waals surface area contributed by atoms with Crippen LogP contribution in [0, 0.1) is 11.7 Å². The van der Waals surface area contributed by atoms with Crippen molar-refractivity contribution < 1.29 is 40.6 Å². The second kappa shape index (κ2) is 8.17. The first-order chi connectivity index (χ1) is 16.8. The lowest BCUT2D eigenvalue weighted by Crippen LogP contribution is -2.56. The van der Waals surface area contributed by atoms with Gasteiger partial charge in [0.25, 0.3) is 10.0 Å². The Balaban J connectivity index is 1.68. The lowest BCUT2D eigenvalue weighted by molar-refractivity contribution is -0.273. The average molecular weight is 528 g/mol. The van der Waals surface area contributed by atoms with Gasteiger partial charge in [0, 0.05) is 5.41 Å². The minimum absolute atomic E-state index is 0.105. The number of anilines is 1. The van der Waals surface area contributed by atoms with Crippen LogP contribution in [0.5, 0.6) is 0 Å². The van der Waals surface area contributed by atoms with Gasteiger partial charge in [0.2, 0.25) is 0 Å². The van der Waals surface area contributed by atoms with E-state index in [1.165, 1.54) is 29.6 Å². The van der Waals surface area contributed by atoms with Crippen molar-refractivity contribution in [3.63, 3.8) is 0 Å². The number of hydrogen-bond donors (Lipinski definition) is 1. The van der Waals surface area contributed by atoms with Crippen LogP contribution in [0.4, 0.5) is 23.2 Å². The third-order valence-electron chi connectivity index (χ3n) is 7.95. The molecule has 6 nitrogen and oxygen atoms in total. The molecule has 1 spiro atoms. The second-order valence-electron chi connectivity index (χ2n) is 9.95. The van der Waals surface area contributed by atoms with Crippen LogP contribution >= 0.6 is 0 Å². The fraction of sp³-hybridized carbons (Fsp3) is 0.480. The molecule has 1 aliphatic heterocycles. The van der Waals surface area contributed by atoms with Crippen molar-refractivity contribution in [3.05, 3.63) is 59.4 Å². The van der Waals surface area contributed by atoms with Crippen molar-refractivity contribution in [3.8, 4) is 0 Å². The maximum Gasteiger partial charge on any atom is 0.417 e. The van der Waals surface area contributed by atoms with Gasteiger partial charge < -0.3 is 9.84 Å². The number of esters is 1. The minimum Gasteiger partial charge on any atom is -0.465 e. The van der Waals surface area contributed by atoms with Crippen LogP contribution in [0.1, 0.15) is 54.4 Å². The highest BCUT2D eigenvalue weighted by molar-refractivity contribution is 7.92. The van der Waals surface area contributed by atoms with Gasteiger partial charge in [-0.05, 0) is 92.5 Å². The van der Waals surface area contributed by atoms with Gasteiger partial charge in [-0.1, -0.05) is 0 Å². The molecule has 2 aliphatic carbocycles. The molecular formula is C25H25F4NO5S. The molecule has 5 rings (SSSR count). The molecule has 1 atom stereocenters. The normalized spacial score (nSPS) is 28.3. The number of carbonyl (C=O) groups is 1. The van der Waals surface area contributed by atoms with Crippen LogP contribution in [0.3, 0.4) is 0 Å². The highest BCUT2D eigenvalue weighted by Gasteiger charge is 2.64. The maximum absolute atomic E-state index is 13.9. The number of sulfonamides is 1. The van der Waals surface area contributed by atoms with E-state index in [0.29, 0.717) is 18.4 Å². The SMILES string of the molecule is COC(=O)c1ccc2c(c1)C1(CCC(O)(C(F)(F)F)CC1)C(C1CC1)N2S(=O)(=O)c1ccc(F)cc1. The number of carbonyl (C=O) groups excluding carboxylic acids is 1. The standard InChI is InChI=1S/C25H25F4NO5S/c1-35-22(31)16-4-9-20-19(14-16)23(10-12-24(32,13-11-23)25(27,28)29)21(15-2-3-15)30(20)36(33,34)18-7-5-17(26)6-8-18/h4-9,14-15,21,32H,2-3,10-13H2,1H3. The molecule has 0 saturated heterocycles. The summed E-state index contributed by atoms with van der Waals surface area (Å²) in [6, 6.07) is 8.11. The predicted octanol–water partition coefficient (Wildman–Crippen LogP) is 4.71. The summed E-state index contributed by atoms with van der Waals surface area (Å²) in [6.45, 7) is 0. The highest BCUT2D eigenvalue weighted by atomic mass is 32.2. The van der Waals surface area contributed by atoms with E-state index < -0.39 is 57.9 Å². The molecule has 194 valence electrons. The van der Waals surface area contributed by atoms with Crippen molar-refractivity contribution in [1.29, 1.82) is 0 Å². The first kappa shape index (κ1) is 25.0. The Morgan fingerprint density at radius 1 is 1.06 bits per heavy atom. The molecule has 11 heteroatoms. The topological polar surface area (TPSA) is 83.9 Å². The summed E-state index contributed by atoms with van der Waals surface area (Å²) >= 11 is 0. The number of halogens is 4. The first-order valence-electron chi connectivity index (χ1n) is 11.7. The summed E-state index contributed by atoms with van der Waals surface area (Å²) in [4.78, 5) is 12.2. The molecule has 1 unspecified atom stereocenters. The van der Waals surface area contributed by atoms with E-state index in [1.54, 1.807) is 0 Å². The monoisotopic (exact) mass is 527 g/mol. The molecule has 2 aromatic carbocycles. The van der Waals surface area contributed by atoms with Crippen molar-refractivity contribution >= 4 is 21.7 Å². The molecule has 2 saturated carbocycles. The average Bonchev–Trinajstić information content (AvgIpc) is 3.63. The fourth-order valence-corrected chi connectivity index (χ4v) is 7.72. The van der Waals surface area contributed by atoms with Crippen LogP contribution < -0.4 is 4.31 Å². The Labute approximate surface area is 205 Å². The Bertz CT molecular complexity index is 1300. The Hall–Kier alpha value is -2.66. The number of fused-ring (bicyclic) bond motifs is 2. The van der Waals surface area contributed by atoms with Gasteiger partial charge in [-0.15, -0.1) is 0 Å². The number of methoxy groups -OCH3 is 1. The third kappa shape index (κ3) is 3.70. The summed E-state index contributed by atoms with van der Waals surface area (Å²) in [5, 5.41) is 10.4. The lowest BCUT2D eigenvalue weighted by atomic mass is 9.61. The van der Waals surface area contributed by atoms with Gasteiger partial charge in [-0.3, -0.25) is 4.31 Å². The van der Waals surface area contributed by atoms with Crippen molar-refractivity contribution in [1.82, 2.24) is 0 Å². The second-order valence-corrected chi connectivity index (χ2v) is 11.8. The van der Waals surface area contributed by atoms with E-state index in [1.807, 2.05) is 0 Å². The smallest absolute Gasteiger partial charge is 0.417 e. The summed E-state index contributed by atoms with van der Waals surface area (Å²) in [7, 11) is -3.03. The van der Waals surface area contributed by atoms with Crippen LogP contribution in [-0.4, -0.2) is 44.4 Å². The number of alkyl halides is 3. The number of nitrogens with zero attached hydrogens (tertiary/aromatic N) is 1. The largest absolute Gasteiger partial charge is 0.465 e. The van der Waals surface area contributed by atoms with E-state index >= 15 is 0 Å². The molecular weight excluding hydrogens is 502 g/mol. The Kier molecular flexibility index (Phi) is 5.68. The van der Waals surface area contributed by atoms with Crippen molar-refractivity contribution in [2.75, 3.05) is 11.4 Å². The number of ether oxygens (including phenoxy) is 1. The van der Waals surface area contributed by atoms with E-state index in [4.69, 9.17) is 4.74 Å². The third-order valence-corrected chi connectivity index (χ3v) is 9.76. The van der Waals surface area contributed by atoms with Gasteiger partial charge in [-0.25, -0.2) is 17.6 Å². The van der Waals surface area contributed by atoms with Crippen molar-refractivity contribution in [2.45, 2.75) is 66.7 Å². The number of benzene rings is 2. The molecule has 0 bridgehead atoms. The molecule has 3 aliphatic rings. The van der Waals surface area contributed by atoms with E-state index in [0.717, 1.165) is 24.3 Å². The molecule has 0 amide bonds. The van der Waals surface area contributed by atoms with Crippen LogP contribution in [0.25, 0.3) is 0 Å². The Morgan fingerprint density at radius 3 is 2.19 bits per heavy atom. The zero-order chi connectivity index (χ0) is 26.1. The van der Waals surface area contributed by atoms with Crippen molar-refractivity contribution in [2.24, 2.45) is 5.92 Å². The quantitative estimate of drug-likeness (QED) is 0.460. The summed E-state index contributed by atoms with van der Waals surface area (Å²) in [6.07, 6.45) is -4.84. The molecule has 2 fully saturated rings. The predicted molar refractivity (Wildman–Crippen MR) is 122 cm³/mol. The molecule has 0 radical (unpaired) electrons. The van der Waals surface area contributed by atoms with Crippen LogP contribution in [0.15, 0.2) is 47.4 Å². The van der Waals surface area contributed by atoms with Gasteiger partial charge in [0.05, 0.1) is 29.3 Å². The summed E-state index contributed by atoms with van der Waals surface area (Å²) < 4.78 is 88.4. The maximum atomic E-state index is 13.9. The zero-order valence-electron chi connectivity index (χ0n) is 19.4. The summed E-state index contributed by atoms with van der Waals surface area (Å²) in [5.41, 5.74) is -3.01. The van der Waals surface area contributed by atoms with Gasteiger partial charge >= 0.3 is 12.1 Å². The van der Waals surface area contributed by atoms with E-state index in [-0.39, 0.29) is 34.9 Å². The minimum atomic E-state index is -4.82. The number of hydrogen-bond acceptors (Lipinski definition) is 5. The number of rotatable bonds is 4. The zero-order valence-corrected chi connectivity index (χ0v) is 20.2. The molecule has 1 heterocycles. The first-order valence-corrected chi connectivity index (χ1v) is 13.1. The van der Waals surface area contributed by atoms with Crippen LogP contribution in [0.2, 0.25) is 0 Å². The van der Waals surface area contributed by atoms with Gasteiger partial charge in [0.1, 0.15) is 5.82 Å². The highest BCUT2D eigenvalue weighted by Crippen LogP contribution is 2.62. The lowest BCUT2D eigenvalue weighted by Gasteiger charge is -2.47. The Morgan fingerprint density at radius 2 is 1.67 bits per heavy atom. The van der Waals surface area contributed by atoms with Gasteiger partial charge in [-0.2, -0.15) is 13.2 Å². The molecule has 0 aromatic heterocycles. The molecule has 1 N–H and O–H groups in total. The van der Waals surface area contributed by atoms with Gasteiger partial charge in [0.15, 0.2) is 5.60 Å². The van der Waals surface area contributed by atoms with Crippen LogP contribution in [-0.2, 0) is 20.2 Å². The van der Waals surface area contributed by atoms with E-state index in [9.17, 15) is 35.9 Å². The van der Waals surface area contributed by atoms with E-state index in [2.05, 4.69) is 0 Å². The number of aliphatic hydroxyl groups is 1. The summed E-state index contributed by atoms with van der Waals surface area (Å²) in [5.74, 6) is -1.36. The molecule has 36 heavy (non-hydrogen) atoms.